The fourth-order valence-electron chi connectivity index (χ4n) is 2.58. The predicted octanol–water partition coefficient (Wildman–Crippen LogP) is 5.46. The van der Waals surface area contributed by atoms with Crippen molar-refractivity contribution in [1.82, 2.24) is 0 Å². The molecule has 0 amide bonds. The number of hydrogen-bond donors (Lipinski definition) is 1. The van der Waals surface area contributed by atoms with Crippen molar-refractivity contribution in [3.05, 3.63) is 63.6 Å². The average molecular weight is 337 g/mol. The highest BCUT2D eigenvalue weighted by atomic mass is 79.9. The molecule has 0 aliphatic heterocycles. The Morgan fingerprint density at radius 2 is 1.68 bits per heavy atom. The summed E-state index contributed by atoms with van der Waals surface area (Å²) < 4.78 is 1.11. The summed E-state index contributed by atoms with van der Waals surface area (Å²) in [6.07, 6.45) is 2.31. The van der Waals surface area contributed by atoms with Crippen LogP contribution < -0.4 is 5.32 Å². The molecule has 0 saturated heterocycles. The molecule has 2 aromatic rings. The van der Waals surface area contributed by atoms with E-state index in [4.69, 9.17) is 11.6 Å². The highest BCUT2D eigenvalue weighted by Crippen LogP contribution is 2.41. The van der Waals surface area contributed by atoms with Crippen molar-refractivity contribution < 1.29 is 0 Å². The van der Waals surface area contributed by atoms with Gasteiger partial charge < -0.3 is 5.32 Å². The minimum atomic E-state index is 0.558. The normalized spacial score (nSPS) is 21.8. The first-order valence-electron chi connectivity index (χ1n) is 6.49. The smallest absolute Gasteiger partial charge is 0.0440 e. The van der Waals surface area contributed by atoms with Crippen LogP contribution in [-0.2, 0) is 0 Å². The van der Waals surface area contributed by atoms with E-state index >= 15 is 0 Å². The molecule has 0 aromatic heterocycles. The number of nitrogens with one attached hydrogen (secondary N) is 1. The molecule has 2 aromatic carbocycles. The molecule has 1 N–H and O–H groups in total. The van der Waals surface area contributed by atoms with Gasteiger partial charge in [0.15, 0.2) is 0 Å². The maximum atomic E-state index is 6.23. The van der Waals surface area contributed by atoms with Gasteiger partial charge in [-0.1, -0.05) is 45.7 Å². The molecule has 98 valence electrons. The van der Waals surface area contributed by atoms with Gasteiger partial charge in [-0.2, -0.15) is 0 Å². The van der Waals surface area contributed by atoms with Gasteiger partial charge >= 0.3 is 0 Å². The predicted molar refractivity (Wildman–Crippen MR) is 85.0 cm³/mol. The summed E-state index contributed by atoms with van der Waals surface area (Å²) in [5.74, 6) is 0.599. The van der Waals surface area contributed by atoms with E-state index in [9.17, 15) is 0 Å². The lowest BCUT2D eigenvalue weighted by Gasteiger charge is -2.37. The summed E-state index contributed by atoms with van der Waals surface area (Å²) in [7, 11) is 0. The summed E-state index contributed by atoms with van der Waals surface area (Å²) in [5.41, 5.74) is 2.48. The monoisotopic (exact) mass is 335 g/mol. The Kier molecular flexibility index (Phi) is 3.81. The third-order valence-electron chi connectivity index (χ3n) is 3.70. The van der Waals surface area contributed by atoms with Gasteiger partial charge in [-0.05, 0) is 54.7 Å². The van der Waals surface area contributed by atoms with Crippen molar-refractivity contribution in [2.45, 2.75) is 24.8 Å². The van der Waals surface area contributed by atoms with Gasteiger partial charge in [0.1, 0.15) is 0 Å². The zero-order chi connectivity index (χ0) is 13.2. The highest BCUT2D eigenvalue weighted by molar-refractivity contribution is 9.10. The number of halogens is 2. The van der Waals surface area contributed by atoms with E-state index < -0.39 is 0 Å². The number of hydrogen-bond acceptors (Lipinski definition) is 1. The first kappa shape index (κ1) is 13.0. The Morgan fingerprint density at radius 1 is 1.00 bits per heavy atom. The molecule has 1 nitrogen and oxygen atoms in total. The largest absolute Gasteiger partial charge is 0.382 e. The van der Waals surface area contributed by atoms with Crippen LogP contribution in [-0.4, -0.2) is 6.04 Å². The van der Waals surface area contributed by atoms with E-state index in [0.29, 0.717) is 12.0 Å². The van der Waals surface area contributed by atoms with Crippen molar-refractivity contribution in [3.8, 4) is 0 Å². The molecule has 3 rings (SSSR count). The summed E-state index contributed by atoms with van der Waals surface area (Å²) in [4.78, 5) is 0. The molecular formula is C16H15BrClN. The molecule has 0 atom stereocenters. The molecule has 0 spiro atoms. The van der Waals surface area contributed by atoms with E-state index in [1.54, 1.807) is 0 Å². The third-order valence-corrected chi connectivity index (χ3v) is 4.57. The molecule has 1 aliphatic rings. The van der Waals surface area contributed by atoms with Crippen LogP contribution in [0.15, 0.2) is 53.0 Å². The van der Waals surface area contributed by atoms with E-state index in [1.165, 1.54) is 11.3 Å². The van der Waals surface area contributed by atoms with Gasteiger partial charge in [0.2, 0.25) is 0 Å². The standard InChI is InChI=1S/C16H15BrClN/c17-12-5-7-13(8-6-12)19-14-9-11(10-14)15-3-1-2-4-16(15)18/h1-8,11,14,19H,9-10H2. The van der Waals surface area contributed by atoms with Crippen molar-refractivity contribution >= 4 is 33.2 Å². The van der Waals surface area contributed by atoms with Crippen LogP contribution in [0.4, 0.5) is 5.69 Å². The van der Waals surface area contributed by atoms with Crippen molar-refractivity contribution in [3.63, 3.8) is 0 Å². The van der Waals surface area contributed by atoms with Gasteiger partial charge in [-0.15, -0.1) is 0 Å². The first-order valence-corrected chi connectivity index (χ1v) is 7.66. The van der Waals surface area contributed by atoms with Gasteiger partial charge in [-0.3, -0.25) is 0 Å². The van der Waals surface area contributed by atoms with Crippen LogP contribution in [0.5, 0.6) is 0 Å². The summed E-state index contributed by atoms with van der Waals surface area (Å²) in [6.45, 7) is 0. The summed E-state index contributed by atoms with van der Waals surface area (Å²) in [6, 6.07) is 17.1. The minimum Gasteiger partial charge on any atom is -0.382 e. The van der Waals surface area contributed by atoms with E-state index in [-0.39, 0.29) is 0 Å². The lowest BCUT2D eigenvalue weighted by Crippen LogP contribution is -2.34. The Labute approximate surface area is 127 Å². The molecular weight excluding hydrogens is 322 g/mol. The fraction of sp³-hybridized carbons (Fsp3) is 0.250. The zero-order valence-corrected chi connectivity index (χ0v) is 12.8. The van der Waals surface area contributed by atoms with E-state index in [1.807, 2.05) is 12.1 Å². The minimum absolute atomic E-state index is 0.558. The van der Waals surface area contributed by atoms with Crippen LogP contribution >= 0.6 is 27.5 Å². The lowest BCUT2D eigenvalue weighted by molar-refractivity contribution is 0.374. The maximum absolute atomic E-state index is 6.23. The Hall–Kier alpha value is -0.990. The van der Waals surface area contributed by atoms with E-state index in [2.05, 4.69) is 57.6 Å². The molecule has 0 unspecified atom stereocenters. The summed E-state index contributed by atoms with van der Waals surface area (Å²) in [5, 5.41) is 4.46. The molecule has 1 fully saturated rings. The second kappa shape index (κ2) is 5.56. The number of anilines is 1. The van der Waals surface area contributed by atoms with Crippen LogP contribution in [0.3, 0.4) is 0 Å². The van der Waals surface area contributed by atoms with Crippen molar-refractivity contribution in [2.75, 3.05) is 5.32 Å². The van der Waals surface area contributed by atoms with Crippen molar-refractivity contribution in [2.24, 2.45) is 0 Å². The fourth-order valence-corrected chi connectivity index (χ4v) is 3.13. The van der Waals surface area contributed by atoms with Gasteiger partial charge in [-0.25, -0.2) is 0 Å². The van der Waals surface area contributed by atoms with Gasteiger partial charge in [0.25, 0.3) is 0 Å². The van der Waals surface area contributed by atoms with Crippen molar-refractivity contribution in [1.29, 1.82) is 0 Å². The molecule has 1 saturated carbocycles. The summed E-state index contributed by atoms with van der Waals surface area (Å²) >= 11 is 9.68. The number of benzene rings is 2. The Bertz CT molecular complexity index is 561. The van der Waals surface area contributed by atoms with Gasteiger partial charge in [0, 0.05) is 21.2 Å². The topological polar surface area (TPSA) is 12.0 Å². The van der Waals surface area contributed by atoms with Crippen LogP contribution in [0, 0.1) is 0 Å². The lowest BCUT2D eigenvalue weighted by atomic mass is 9.76. The molecule has 1 aliphatic carbocycles. The van der Waals surface area contributed by atoms with Crippen LogP contribution in [0.1, 0.15) is 24.3 Å². The Morgan fingerprint density at radius 3 is 2.37 bits per heavy atom. The third kappa shape index (κ3) is 2.96. The van der Waals surface area contributed by atoms with E-state index in [0.717, 1.165) is 22.3 Å². The van der Waals surface area contributed by atoms with Gasteiger partial charge in [0.05, 0.1) is 0 Å². The molecule has 0 heterocycles. The quantitative estimate of drug-likeness (QED) is 0.784. The number of rotatable bonds is 3. The Balaban J connectivity index is 1.58. The molecule has 0 bridgehead atoms. The second-order valence-corrected chi connectivity index (χ2v) is 6.36. The molecule has 0 radical (unpaired) electrons. The second-order valence-electron chi connectivity index (χ2n) is 5.04. The first-order chi connectivity index (χ1) is 9.22. The molecule has 3 heteroatoms. The SMILES string of the molecule is Clc1ccccc1C1CC(Nc2ccc(Br)cc2)C1. The highest BCUT2D eigenvalue weighted by Gasteiger charge is 2.31. The maximum Gasteiger partial charge on any atom is 0.0440 e. The average Bonchev–Trinajstić information content (AvgIpc) is 2.37. The van der Waals surface area contributed by atoms with Crippen LogP contribution in [0.25, 0.3) is 0 Å². The zero-order valence-electron chi connectivity index (χ0n) is 10.4. The van der Waals surface area contributed by atoms with Crippen LogP contribution in [0.2, 0.25) is 5.02 Å². The molecule has 19 heavy (non-hydrogen) atoms.